The first-order valence-corrected chi connectivity index (χ1v) is 7.69. The molecule has 17 heavy (non-hydrogen) atoms. The van der Waals surface area contributed by atoms with Crippen molar-refractivity contribution in [2.75, 3.05) is 13.2 Å². The molecule has 96 valence electrons. The van der Waals surface area contributed by atoms with Crippen LogP contribution in [0.5, 0.6) is 0 Å². The van der Waals surface area contributed by atoms with Crippen LogP contribution < -0.4 is 5.32 Å². The van der Waals surface area contributed by atoms with Gasteiger partial charge in [-0.15, -0.1) is 0 Å². The van der Waals surface area contributed by atoms with Crippen LogP contribution in [0.3, 0.4) is 0 Å². The number of thiophene rings is 1. The smallest absolute Gasteiger partial charge is 0.0576 e. The van der Waals surface area contributed by atoms with Gasteiger partial charge in [0.1, 0.15) is 0 Å². The number of hydrogen-bond donors (Lipinski definition) is 1. The Morgan fingerprint density at radius 3 is 2.82 bits per heavy atom. The average molecular weight is 253 g/mol. The molecule has 0 saturated heterocycles. The van der Waals surface area contributed by atoms with Crippen LogP contribution in [0.15, 0.2) is 16.8 Å². The van der Waals surface area contributed by atoms with Gasteiger partial charge in [0.15, 0.2) is 0 Å². The second-order valence-corrected chi connectivity index (χ2v) is 5.56. The summed E-state index contributed by atoms with van der Waals surface area (Å²) in [5.41, 5.74) is 1.41. The minimum absolute atomic E-state index is 0.503. The zero-order valence-corrected chi connectivity index (χ0v) is 11.5. The summed E-state index contributed by atoms with van der Waals surface area (Å²) in [4.78, 5) is 0. The first kappa shape index (κ1) is 13.1. The lowest BCUT2D eigenvalue weighted by atomic mass is 9.93. The van der Waals surface area contributed by atoms with Crippen molar-refractivity contribution in [1.82, 2.24) is 5.32 Å². The van der Waals surface area contributed by atoms with Gasteiger partial charge in [0.05, 0.1) is 12.7 Å². The van der Waals surface area contributed by atoms with E-state index in [2.05, 4.69) is 29.1 Å². The molecule has 1 aromatic heterocycles. The van der Waals surface area contributed by atoms with E-state index in [4.69, 9.17) is 4.74 Å². The van der Waals surface area contributed by atoms with Gasteiger partial charge in [-0.3, -0.25) is 0 Å². The SMILES string of the molecule is CCNC1CCC(OCCc2ccsc2)CC1. The summed E-state index contributed by atoms with van der Waals surface area (Å²) in [6.45, 7) is 4.16. The molecule has 1 aliphatic carbocycles. The van der Waals surface area contributed by atoms with Crippen molar-refractivity contribution in [3.8, 4) is 0 Å². The molecule has 1 aliphatic rings. The number of rotatable bonds is 6. The van der Waals surface area contributed by atoms with Gasteiger partial charge in [-0.05, 0) is 61.0 Å². The topological polar surface area (TPSA) is 21.3 Å². The van der Waals surface area contributed by atoms with E-state index in [1.165, 1.54) is 31.2 Å². The molecule has 0 spiro atoms. The number of ether oxygens (including phenoxy) is 1. The third-order valence-electron chi connectivity index (χ3n) is 3.49. The molecule has 0 amide bonds. The van der Waals surface area contributed by atoms with E-state index in [0.29, 0.717) is 6.10 Å². The van der Waals surface area contributed by atoms with Crippen LogP contribution in [-0.4, -0.2) is 25.3 Å². The van der Waals surface area contributed by atoms with Crippen LogP contribution in [0.4, 0.5) is 0 Å². The molecule has 1 aromatic rings. The standard InChI is InChI=1S/C14H23NOS/c1-2-15-13-3-5-14(6-4-13)16-9-7-12-8-10-17-11-12/h8,10-11,13-15H,2-7,9H2,1H3. The Morgan fingerprint density at radius 1 is 1.35 bits per heavy atom. The van der Waals surface area contributed by atoms with E-state index in [0.717, 1.165) is 25.6 Å². The monoisotopic (exact) mass is 253 g/mol. The molecule has 2 rings (SSSR count). The van der Waals surface area contributed by atoms with Gasteiger partial charge in [-0.25, -0.2) is 0 Å². The first-order valence-electron chi connectivity index (χ1n) is 6.74. The van der Waals surface area contributed by atoms with Gasteiger partial charge in [0, 0.05) is 6.04 Å². The molecule has 0 aliphatic heterocycles. The fraction of sp³-hybridized carbons (Fsp3) is 0.714. The molecule has 0 aromatic carbocycles. The maximum Gasteiger partial charge on any atom is 0.0576 e. The fourth-order valence-electron chi connectivity index (χ4n) is 2.50. The van der Waals surface area contributed by atoms with Crippen molar-refractivity contribution >= 4 is 11.3 Å². The molecule has 1 heterocycles. The van der Waals surface area contributed by atoms with Crippen LogP contribution in [-0.2, 0) is 11.2 Å². The van der Waals surface area contributed by atoms with E-state index >= 15 is 0 Å². The lowest BCUT2D eigenvalue weighted by Crippen LogP contribution is -2.35. The Kier molecular flexibility index (Phi) is 5.49. The van der Waals surface area contributed by atoms with Gasteiger partial charge in [-0.1, -0.05) is 6.92 Å². The molecule has 2 nitrogen and oxygen atoms in total. The Bertz CT molecular complexity index is 291. The summed E-state index contributed by atoms with van der Waals surface area (Å²) in [6, 6.07) is 2.92. The third kappa shape index (κ3) is 4.41. The molecular formula is C14H23NOS. The van der Waals surface area contributed by atoms with Crippen LogP contribution >= 0.6 is 11.3 Å². The zero-order chi connectivity index (χ0) is 11.9. The van der Waals surface area contributed by atoms with Crippen LogP contribution in [0, 0.1) is 0 Å². The van der Waals surface area contributed by atoms with Gasteiger partial charge in [0.25, 0.3) is 0 Å². The van der Waals surface area contributed by atoms with Gasteiger partial charge in [-0.2, -0.15) is 11.3 Å². The van der Waals surface area contributed by atoms with Crippen molar-refractivity contribution < 1.29 is 4.74 Å². The maximum absolute atomic E-state index is 5.96. The lowest BCUT2D eigenvalue weighted by Gasteiger charge is -2.29. The number of hydrogen-bond acceptors (Lipinski definition) is 3. The van der Waals surface area contributed by atoms with Crippen molar-refractivity contribution in [3.05, 3.63) is 22.4 Å². The third-order valence-corrected chi connectivity index (χ3v) is 4.22. The first-order chi connectivity index (χ1) is 8.38. The van der Waals surface area contributed by atoms with Crippen LogP contribution in [0.25, 0.3) is 0 Å². The van der Waals surface area contributed by atoms with E-state index in [9.17, 15) is 0 Å². The summed E-state index contributed by atoms with van der Waals surface area (Å²) in [6.07, 6.45) is 6.57. The summed E-state index contributed by atoms with van der Waals surface area (Å²) >= 11 is 1.77. The summed E-state index contributed by atoms with van der Waals surface area (Å²) in [5.74, 6) is 0. The van der Waals surface area contributed by atoms with Crippen molar-refractivity contribution in [1.29, 1.82) is 0 Å². The minimum Gasteiger partial charge on any atom is -0.378 e. The lowest BCUT2D eigenvalue weighted by molar-refractivity contribution is 0.0244. The van der Waals surface area contributed by atoms with Crippen LogP contribution in [0.2, 0.25) is 0 Å². The molecule has 0 atom stereocenters. The molecule has 3 heteroatoms. The molecule has 1 saturated carbocycles. The largest absolute Gasteiger partial charge is 0.378 e. The number of nitrogens with one attached hydrogen (secondary N) is 1. The maximum atomic E-state index is 5.96. The van der Waals surface area contributed by atoms with E-state index in [1.807, 2.05) is 0 Å². The Morgan fingerprint density at radius 2 is 2.18 bits per heavy atom. The highest BCUT2D eigenvalue weighted by atomic mass is 32.1. The van der Waals surface area contributed by atoms with Crippen LogP contribution in [0.1, 0.15) is 38.2 Å². The molecular weight excluding hydrogens is 230 g/mol. The zero-order valence-electron chi connectivity index (χ0n) is 10.7. The fourth-order valence-corrected chi connectivity index (χ4v) is 3.20. The Hall–Kier alpha value is -0.380. The summed E-state index contributed by atoms with van der Waals surface area (Å²) in [7, 11) is 0. The van der Waals surface area contributed by atoms with E-state index in [-0.39, 0.29) is 0 Å². The highest BCUT2D eigenvalue weighted by Crippen LogP contribution is 2.21. The molecule has 0 bridgehead atoms. The van der Waals surface area contributed by atoms with Gasteiger partial charge < -0.3 is 10.1 Å². The molecule has 0 radical (unpaired) electrons. The highest BCUT2D eigenvalue weighted by Gasteiger charge is 2.20. The highest BCUT2D eigenvalue weighted by molar-refractivity contribution is 7.07. The van der Waals surface area contributed by atoms with E-state index in [1.54, 1.807) is 11.3 Å². The quantitative estimate of drug-likeness (QED) is 0.840. The normalized spacial score (nSPS) is 25.0. The Labute approximate surface area is 108 Å². The van der Waals surface area contributed by atoms with Crippen molar-refractivity contribution in [2.45, 2.75) is 51.2 Å². The summed E-state index contributed by atoms with van der Waals surface area (Å²) in [5, 5.41) is 7.88. The van der Waals surface area contributed by atoms with Gasteiger partial charge in [0.2, 0.25) is 0 Å². The molecule has 0 unspecified atom stereocenters. The second kappa shape index (κ2) is 7.14. The van der Waals surface area contributed by atoms with Crippen molar-refractivity contribution in [3.63, 3.8) is 0 Å². The summed E-state index contributed by atoms with van der Waals surface area (Å²) < 4.78 is 5.96. The average Bonchev–Trinajstić information content (AvgIpc) is 2.85. The van der Waals surface area contributed by atoms with Gasteiger partial charge >= 0.3 is 0 Å². The van der Waals surface area contributed by atoms with Crippen molar-refractivity contribution in [2.24, 2.45) is 0 Å². The Balaban J connectivity index is 1.58. The molecule has 1 N–H and O–H groups in total. The second-order valence-electron chi connectivity index (χ2n) is 4.78. The minimum atomic E-state index is 0.503. The predicted molar refractivity (Wildman–Crippen MR) is 73.7 cm³/mol. The van der Waals surface area contributed by atoms with E-state index < -0.39 is 0 Å². The predicted octanol–water partition coefficient (Wildman–Crippen LogP) is 3.23. The molecule has 1 fully saturated rings.